The van der Waals surface area contributed by atoms with E-state index >= 15 is 0 Å². The topological polar surface area (TPSA) is 99.0 Å². The monoisotopic (exact) mass is 399 g/mol. The molecule has 0 aliphatic carbocycles. The quantitative estimate of drug-likeness (QED) is 0.716. The molecule has 2 rings (SSSR count). The highest BCUT2D eigenvalue weighted by molar-refractivity contribution is 5.84. The number of alkyl halides is 3. The number of esters is 1. The molecule has 1 amide bonds. The van der Waals surface area contributed by atoms with E-state index in [-0.39, 0.29) is 23.9 Å². The largest absolute Gasteiger partial charge is 0.467 e. The van der Waals surface area contributed by atoms with Crippen LogP contribution in [0.15, 0.2) is 24.3 Å². The van der Waals surface area contributed by atoms with E-state index in [0.717, 1.165) is 16.9 Å². The van der Waals surface area contributed by atoms with Crippen LogP contribution in [0.3, 0.4) is 0 Å². The van der Waals surface area contributed by atoms with Crippen LogP contribution < -0.4 is 5.32 Å². The molecule has 2 unspecified atom stereocenters. The highest BCUT2D eigenvalue weighted by Crippen LogP contribution is 2.31. The summed E-state index contributed by atoms with van der Waals surface area (Å²) in [5.41, 5.74) is -0.720. The van der Waals surface area contributed by atoms with Crippen molar-refractivity contribution in [1.29, 1.82) is 0 Å². The molecule has 2 aromatic rings. The van der Waals surface area contributed by atoms with Gasteiger partial charge in [0.15, 0.2) is 0 Å². The molecule has 0 aliphatic heterocycles. The summed E-state index contributed by atoms with van der Waals surface area (Å²) in [5.74, 6) is -1.33. The minimum Gasteiger partial charge on any atom is -0.467 e. The molecule has 28 heavy (non-hydrogen) atoms. The molecule has 0 radical (unpaired) electrons. The van der Waals surface area contributed by atoms with Crippen molar-refractivity contribution >= 4 is 11.9 Å². The van der Waals surface area contributed by atoms with Crippen molar-refractivity contribution in [2.24, 2.45) is 5.92 Å². The van der Waals surface area contributed by atoms with Crippen molar-refractivity contribution in [3.63, 3.8) is 0 Å². The van der Waals surface area contributed by atoms with Crippen LogP contribution in [0.1, 0.15) is 25.8 Å². The van der Waals surface area contributed by atoms with Gasteiger partial charge in [-0.05, 0) is 23.3 Å². The van der Waals surface area contributed by atoms with Crippen LogP contribution in [-0.4, -0.2) is 45.2 Å². The molecule has 0 saturated carbocycles. The lowest BCUT2D eigenvalue weighted by molar-refractivity contribution is -0.146. The average molecular weight is 399 g/mol. The zero-order valence-electron chi connectivity index (χ0n) is 15.5. The molecule has 1 N–H and O–H groups in total. The van der Waals surface area contributed by atoms with E-state index in [1.165, 1.54) is 19.2 Å². The van der Waals surface area contributed by atoms with Gasteiger partial charge < -0.3 is 10.1 Å². The first-order chi connectivity index (χ1) is 13.2. The molecule has 2 atom stereocenters. The number of tetrazole rings is 1. The summed E-state index contributed by atoms with van der Waals surface area (Å²) in [5, 5.41) is 13.9. The molecule has 0 spiro atoms. The number of aromatic nitrogens is 4. The first-order valence-electron chi connectivity index (χ1n) is 8.48. The molecule has 1 aromatic heterocycles. The fourth-order valence-corrected chi connectivity index (χ4v) is 2.40. The van der Waals surface area contributed by atoms with E-state index in [0.29, 0.717) is 6.42 Å². The number of nitrogens with zero attached hydrogens (tertiary/aromatic N) is 4. The number of hydrogen-bond donors (Lipinski definition) is 1. The van der Waals surface area contributed by atoms with Gasteiger partial charge in [-0.1, -0.05) is 32.4 Å². The van der Waals surface area contributed by atoms with Gasteiger partial charge in [-0.2, -0.15) is 18.0 Å². The molecule has 0 bridgehead atoms. The van der Waals surface area contributed by atoms with Crippen molar-refractivity contribution in [2.45, 2.75) is 39.0 Å². The number of nitrogens with one attached hydrogen (secondary N) is 1. The molecule has 152 valence electrons. The second-order valence-corrected chi connectivity index (χ2v) is 6.18. The third-order valence-corrected chi connectivity index (χ3v) is 4.17. The maximum Gasteiger partial charge on any atom is 0.416 e. The fourth-order valence-electron chi connectivity index (χ4n) is 2.40. The van der Waals surface area contributed by atoms with E-state index in [2.05, 4.69) is 20.7 Å². The molecule has 0 aliphatic rings. The number of rotatable bonds is 7. The molecule has 0 saturated heterocycles. The first kappa shape index (κ1) is 21.3. The van der Waals surface area contributed by atoms with Gasteiger partial charge in [-0.15, -0.1) is 10.2 Å². The van der Waals surface area contributed by atoms with Crippen molar-refractivity contribution in [2.75, 3.05) is 7.11 Å². The Morgan fingerprint density at radius 1 is 1.32 bits per heavy atom. The van der Waals surface area contributed by atoms with Crippen molar-refractivity contribution in [3.05, 3.63) is 29.8 Å². The summed E-state index contributed by atoms with van der Waals surface area (Å²) < 4.78 is 43.1. The highest BCUT2D eigenvalue weighted by Gasteiger charge is 2.31. The fraction of sp³-hybridized carbons (Fsp3) is 0.471. The summed E-state index contributed by atoms with van der Waals surface area (Å²) in [6.45, 7) is 3.31. The van der Waals surface area contributed by atoms with Crippen molar-refractivity contribution < 1.29 is 27.5 Å². The van der Waals surface area contributed by atoms with E-state index in [1.807, 2.05) is 6.92 Å². The predicted molar refractivity (Wildman–Crippen MR) is 91.7 cm³/mol. The molecule has 1 aromatic carbocycles. The van der Waals surface area contributed by atoms with Crippen molar-refractivity contribution in [1.82, 2.24) is 25.5 Å². The third kappa shape index (κ3) is 5.27. The van der Waals surface area contributed by atoms with Gasteiger partial charge in [0.25, 0.3) is 0 Å². The molecular weight excluding hydrogens is 379 g/mol. The third-order valence-electron chi connectivity index (χ3n) is 4.17. The number of carbonyl (C=O) groups is 2. The number of benzene rings is 1. The molecule has 1 heterocycles. The summed E-state index contributed by atoms with van der Waals surface area (Å²) in [6, 6.07) is 3.65. The summed E-state index contributed by atoms with van der Waals surface area (Å²) in [6.07, 6.45) is -3.86. The van der Waals surface area contributed by atoms with Gasteiger partial charge in [0.05, 0.1) is 12.7 Å². The molecular formula is C17H20F3N5O3. The number of carbonyl (C=O) groups excluding carboxylic acids is 2. The van der Waals surface area contributed by atoms with Crippen LogP contribution in [0.25, 0.3) is 11.4 Å². The summed E-state index contributed by atoms with van der Waals surface area (Å²) in [7, 11) is 1.23. The van der Waals surface area contributed by atoms with E-state index in [9.17, 15) is 22.8 Å². The predicted octanol–water partition coefficient (Wildman–Crippen LogP) is 2.06. The van der Waals surface area contributed by atoms with Gasteiger partial charge in [0, 0.05) is 5.56 Å². The van der Waals surface area contributed by atoms with E-state index in [4.69, 9.17) is 4.74 Å². The lowest BCUT2D eigenvalue weighted by Crippen LogP contribution is -2.46. The second-order valence-electron chi connectivity index (χ2n) is 6.18. The molecule has 8 nitrogen and oxygen atoms in total. The minimum atomic E-state index is -4.50. The number of methoxy groups -OCH3 is 1. The van der Waals surface area contributed by atoms with Gasteiger partial charge in [-0.25, -0.2) is 4.79 Å². The lowest BCUT2D eigenvalue weighted by atomic mass is 9.99. The number of amides is 1. The van der Waals surface area contributed by atoms with Crippen molar-refractivity contribution in [3.8, 4) is 11.4 Å². The van der Waals surface area contributed by atoms with Crippen LogP contribution in [0, 0.1) is 5.92 Å². The second kappa shape index (κ2) is 8.81. The summed E-state index contributed by atoms with van der Waals surface area (Å²) >= 11 is 0. The number of halogens is 3. The average Bonchev–Trinajstić information content (AvgIpc) is 3.12. The maximum atomic E-state index is 12.8. The Labute approximate surface area is 159 Å². The normalized spacial score (nSPS) is 13.6. The smallest absolute Gasteiger partial charge is 0.416 e. The Bertz CT molecular complexity index is 837. The van der Waals surface area contributed by atoms with Gasteiger partial charge in [-0.3, -0.25) is 4.79 Å². The Morgan fingerprint density at radius 3 is 2.64 bits per heavy atom. The summed E-state index contributed by atoms with van der Waals surface area (Å²) in [4.78, 5) is 25.0. The van der Waals surface area contributed by atoms with Crippen LogP contribution in [0.4, 0.5) is 13.2 Å². The minimum absolute atomic E-state index is 0.0506. The maximum absolute atomic E-state index is 12.8. The van der Waals surface area contributed by atoms with Crippen LogP contribution in [-0.2, 0) is 27.0 Å². The number of ether oxygens (including phenoxy) is 1. The van der Waals surface area contributed by atoms with E-state index < -0.39 is 29.7 Å². The van der Waals surface area contributed by atoms with Gasteiger partial charge >= 0.3 is 12.1 Å². The number of hydrogen-bond acceptors (Lipinski definition) is 6. The van der Waals surface area contributed by atoms with E-state index in [1.54, 1.807) is 6.92 Å². The standard InChI is InChI=1S/C17H20F3N5O3/c1-4-10(2)14(16(27)28-3)21-13(26)9-25-23-15(22-24-25)11-6-5-7-12(8-11)17(18,19)20/h5-8,10,14H,4,9H2,1-3H3,(H,21,26). The Kier molecular flexibility index (Phi) is 6.71. The molecule has 11 heteroatoms. The lowest BCUT2D eigenvalue weighted by Gasteiger charge is -2.21. The van der Waals surface area contributed by atoms with Crippen LogP contribution in [0.5, 0.6) is 0 Å². The Balaban J connectivity index is 2.10. The zero-order chi connectivity index (χ0) is 20.9. The van der Waals surface area contributed by atoms with Crippen LogP contribution in [0.2, 0.25) is 0 Å². The SMILES string of the molecule is CCC(C)C(NC(=O)Cn1nnc(-c2cccc(C(F)(F)F)c2)n1)C(=O)OC. The van der Waals surface area contributed by atoms with Gasteiger partial charge in [0.1, 0.15) is 12.6 Å². The highest BCUT2D eigenvalue weighted by atomic mass is 19.4. The molecule has 0 fully saturated rings. The zero-order valence-corrected chi connectivity index (χ0v) is 15.5. The van der Waals surface area contributed by atoms with Crippen LogP contribution >= 0.6 is 0 Å². The van der Waals surface area contributed by atoms with Gasteiger partial charge in [0.2, 0.25) is 11.7 Å². The Morgan fingerprint density at radius 2 is 2.04 bits per heavy atom. The first-order valence-corrected chi connectivity index (χ1v) is 8.48. The Hall–Kier alpha value is -2.98.